The molecule has 0 unspecified atom stereocenters. The first kappa shape index (κ1) is 16.5. The van der Waals surface area contributed by atoms with Crippen molar-refractivity contribution in [1.29, 1.82) is 0 Å². The van der Waals surface area contributed by atoms with Crippen molar-refractivity contribution in [2.75, 3.05) is 0 Å². The van der Waals surface area contributed by atoms with Gasteiger partial charge in [-0.1, -0.05) is 59.3 Å². The van der Waals surface area contributed by atoms with E-state index >= 15 is 0 Å². The molecule has 2 nitrogen and oxygen atoms in total. The number of carbonyl (C=O) groups is 1. The molecule has 3 heteroatoms. The lowest BCUT2D eigenvalue weighted by Crippen LogP contribution is -2.24. The van der Waals surface area contributed by atoms with Gasteiger partial charge in [-0.3, -0.25) is 4.79 Å². The summed E-state index contributed by atoms with van der Waals surface area (Å²) in [5.74, 6) is -0.0880. The van der Waals surface area contributed by atoms with Crippen LogP contribution < -0.4 is 5.32 Å². The first-order chi connectivity index (χ1) is 10.6. The zero-order chi connectivity index (χ0) is 15.9. The average molecular weight is 358 g/mol. The number of benzene rings is 2. The quantitative estimate of drug-likeness (QED) is 0.757. The molecule has 0 aromatic heterocycles. The van der Waals surface area contributed by atoms with Gasteiger partial charge in [0.1, 0.15) is 0 Å². The number of carbonyl (C=O) groups excluding carboxylic acids is 1. The lowest BCUT2D eigenvalue weighted by atomic mass is 10.0. The summed E-state index contributed by atoms with van der Waals surface area (Å²) in [6.45, 7) is 4.12. The lowest BCUT2D eigenvalue weighted by Gasteiger charge is -2.13. The summed E-state index contributed by atoms with van der Waals surface area (Å²) < 4.78 is 1.03. The molecular formula is C19H20BrNO. The van der Waals surface area contributed by atoms with Crippen LogP contribution in [0.2, 0.25) is 0 Å². The Morgan fingerprint density at radius 3 is 2.36 bits per heavy atom. The van der Waals surface area contributed by atoms with Gasteiger partial charge < -0.3 is 5.32 Å². The van der Waals surface area contributed by atoms with Crippen molar-refractivity contribution in [2.24, 2.45) is 0 Å². The van der Waals surface area contributed by atoms with E-state index in [1.54, 1.807) is 6.08 Å². The van der Waals surface area contributed by atoms with Crippen molar-refractivity contribution in [2.45, 2.75) is 26.3 Å². The second-order valence-electron chi connectivity index (χ2n) is 5.21. The first-order valence-electron chi connectivity index (χ1n) is 7.41. The van der Waals surface area contributed by atoms with E-state index in [1.165, 1.54) is 5.56 Å². The molecule has 2 aromatic carbocycles. The number of aryl methyl sites for hydroxylation is 1. The summed E-state index contributed by atoms with van der Waals surface area (Å²) in [7, 11) is 0. The van der Waals surface area contributed by atoms with Crippen LogP contribution in [0.1, 0.15) is 36.6 Å². The van der Waals surface area contributed by atoms with Gasteiger partial charge in [0.05, 0.1) is 6.04 Å². The van der Waals surface area contributed by atoms with Gasteiger partial charge in [-0.25, -0.2) is 0 Å². The van der Waals surface area contributed by atoms with E-state index in [4.69, 9.17) is 0 Å². The predicted molar refractivity (Wildman–Crippen MR) is 95.6 cm³/mol. The zero-order valence-electron chi connectivity index (χ0n) is 12.8. The Bertz CT molecular complexity index is 644. The Morgan fingerprint density at radius 2 is 1.77 bits per heavy atom. The van der Waals surface area contributed by atoms with Gasteiger partial charge >= 0.3 is 0 Å². The van der Waals surface area contributed by atoms with Crippen molar-refractivity contribution in [1.82, 2.24) is 5.32 Å². The smallest absolute Gasteiger partial charge is 0.244 e. The van der Waals surface area contributed by atoms with Gasteiger partial charge in [-0.05, 0) is 48.2 Å². The molecule has 22 heavy (non-hydrogen) atoms. The molecule has 0 aliphatic heterocycles. The molecule has 0 aliphatic rings. The van der Waals surface area contributed by atoms with Crippen molar-refractivity contribution < 1.29 is 4.79 Å². The highest BCUT2D eigenvalue weighted by molar-refractivity contribution is 9.10. The van der Waals surface area contributed by atoms with Crippen molar-refractivity contribution in [3.63, 3.8) is 0 Å². The fourth-order valence-corrected chi connectivity index (χ4v) is 2.40. The number of halogens is 1. The SMILES string of the molecule is CCc1ccc([C@@H](C)NC(=O)/C=C/c2ccc(Br)cc2)cc1. The zero-order valence-corrected chi connectivity index (χ0v) is 14.4. The molecule has 0 heterocycles. The molecule has 1 amide bonds. The highest BCUT2D eigenvalue weighted by Crippen LogP contribution is 2.14. The standard InChI is InChI=1S/C19H20BrNO/c1-3-15-4-9-17(10-5-15)14(2)21-19(22)13-8-16-6-11-18(20)12-7-16/h4-14H,3H2,1-2H3,(H,21,22)/b13-8+/t14-/m1/s1. The van der Waals surface area contributed by atoms with E-state index in [9.17, 15) is 4.79 Å². The van der Waals surface area contributed by atoms with Gasteiger partial charge in [-0.15, -0.1) is 0 Å². The van der Waals surface area contributed by atoms with Crippen LogP contribution in [0.15, 0.2) is 59.1 Å². The molecule has 0 saturated carbocycles. The van der Waals surface area contributed by atoms with Crippen LogP contribution >= 0.6 is 15.9 Å². The van der Waals surface area contributed by atoms with Gasteiger partial charge in [0, 0.05) is 10.5 Å². The van der Waals surface area contributed by atoms with Crippen LogP contribution in [0, 0.1) is 0 Å². The third-order valence-corrected chi connectivity index (χ3v) is 4.07. The fourth-order valence-electron chi connectivity index (χ4n) is 2.13. The van der Waals surface area contributed by atoms with Gasteiger partial charge in [0.25, 0.3) is 0 Å². The molecule has 1 atom stereocenters. The highest BCUT2D eigenvalue weighted by atomic mass is 79.9. The Morgan fingerprint density at radius 1 is 1.14 bits per heavy atom. The summed E-state index contributed by atoms with van der Waals surface area (Å²) in [5.41, 5.74) is 3.42. The maximum Gasteiger partial charge on any atom is 0.244 e. The molecule has 0 fully saturated rings. The molecule has 0 saturated heterocycles. The van der Waals surface area contributed by atoms with E-state index in [1.807, 2.05) is 37.3 Å². The minimum atomic E-state index is -0.0880. The topological polar surface area (TPSA) is 29.1 Å². The monoisotopic (exact) mass is 357 g/mol. The fraction of sp³-hybridized carbons (Fsp3) is 0.211. The van der Waals surface area contributed by atoms with Crippen LogP contribution in [0.3, 0.4) is 0 Å². The average Bonchev–Trinajstić information content (AvgIpc) is 2.54. The minimum absolute atomic E-state index is 0.00651. The maximum atomic E-state index is 12.0. The molecule has 0 bridgehead atoms. The van der Waals surface area contributed by atoms with Gasteiger partial charge in [0.2, 0.25) is 5.91 Å². The molecule has 0 spiro atoms. The molecule has 2 aromatic rings. The van der Waals surface area contributed by atoms with E-state index in [0.29, 0.717) is 0 Å². The lowest BCUT2D eigenvalue weighted by molar-refractivity contribution is -0.117. The van der Waals surface area contributed by atoms with Crippen molar-refractivity contribution in [3.8, 4) is 0 Å². The molecule has 0 aliphatic carbocycles. The summed E-state index contributed by atoms with van der Waals surface area (Å²) >= 11 is 3.39. The number of hydrogen-bond donors (Lipinski definition) is 1. The van der Waals surface area contributed by atoms with Gasteiger partial charge in [0.15, 0.2) is 0 Å². The Hall–Kier alpha value is -1.87. The van der Waals surface area contributed by atoms with E-state index in [-0.39, 0.29) is 11.9 Å². The number of hydrogen-bond acceptors (Lipinski definition) is 1. The number of rotatable bonds is 5. The third-order valence-electron chi connectivity index (χ3n) is 3.54. The normalized spacial score (nSPS) is 12.3. The second kappa shape index (κ2) is 7.95. The first-order valence-corrected chi connectivity index (χ1v) is 8.20. The summed E-state index contributed by atoms with van der Waals surface area (Å²) in [6, 6.07) is 16.2. The summed E-state index contributed by atoms with van der Waals surface area (Å²) in [4.78, 5) is 12.0. The van der Waals surface area contributed by atoms with Crippen LogP contribution in [0.4, 0.5) is 0 Å². The predicted octanol–water partition coefficient (Wildman–Crippen LogP) is 4.90. The minimum Gasteiger partial charge on any atom is -0.346 e. The number of amides is 1. The molecule has 0 radical (unpaired) electrons. The van der Waals surface area contributed by atoms with Crippen LogP contribution in [-0.4, -0.2) is 5.91 Å². The summed E-state index contributed by atoms with van der Waals surface area (Å²) in [5, 5.41) is 2.98. The molecule has 1 N–H and O–H groups in total. The van der Waals surface area contributed by atoms with Crippen LogP contribution in [-0.2, 0) is 11.2 Å². The van der Waals surface area contributed by atoms with E-state index in [2.05, 4.69) is 52.4 Å². The maximum absolute atomic E-state index is 12.0. The third kappa shape index (κ3) is 4.85. The largest absolute Gasteiger partial charge is 0.346 e. The van der Waals surface area contributed by atoms with Crippen LogP contribution in [0.5, 0.6) is 0 Å². The molecule has 2 rings (SSSR count). The highest BCUT2D eigenvalue weighted by Gasteiger charge is 2.07. The second-order valence-corrected chi connectivity index (χ2v) is 6.13. The Labute approximate surface area is 140 Å². The van der Waals surface area contributed by atoms with E-state index in [0.717, 1.165) is 22.0 Å². The molecule has 114 valence electrons. The number of nitrogens with one attached hydrogen (secondary N) is 1. The molecular weight excluding hydrogens is 338 g/mol. The van der Waals surface area contributed by atoms with Crippen molar-refractivity contribution in [3.05, 3.63) is 75.8 Å². The Kier molecular flexibility index (Phi) is 5.96. The van der Waals surface area contributed by atoms with Crippen LogP contribution in [0.25, 0.3) is 6.08 Å². The summed E-state index contributed by atoms with van der Waals surface area (Å²) in [6.07, 6.45) is 4.41. The van der Waals surface area contributed by atoms with E-state index < -0.39 is 0 Å². The van der Waals surface area contributed by atoms with Gasteiger partial charge in [-0.2, -0.15) is 0 Å². The van der Waals surface area contributed by atoms with Crippen molar-refractivity contribution >= 4 is 27.9 Å². The Balaban J connectivity index is 1.94.